The molecule has 3 aromatic carbocycles. The lowest BCUT2D eigenvalue weighted by atomic mass is 10.1. The third-order valence-electron chi connectivity index (χ3n) is 4.51. The van der Waals surface area contributed by atoms with E-state index in [1.807, 2.05) is 48.5 Å². The standard InChI is InChI=1S/C24H18Br2N2O3/c1-15-3-2-4-17(9-15)14-30-20-7-5-16(6-8-20)13-27-28-24(29)22-11-18-10-19(25)12-21(26)23(18)31-22/h2-13H,14H2,1H3,(H,28,29)/b27-13-. The SMILES string of the molecule is Cc1cccc(COc2ccc(/C=N\NC(=O)c3cc4cc(Br)cc(Br)c4o3)cc2)c1. The molecule has 4 rings (SSSR count). The fourth-order valence-corrected chi connectivity index (χ4v) is 4.37. The van der Waals surface area contributed by atoms with E-state index in [2.05, 4.69) is 61.4 Å². The molecule has 1 aromatic heterocycles. The molecule has 1 amide bonds. The highest BCUT2D eigenvalue weighted by atomic mass is 79.9. The summed E-state index contributed by atoms with van der Waals surface area (Å²) < 4.78 is 13.1. The second-order valence-corrected chi connectivity index (χ2v) is 8.73. The maximum absolute atomic E-state index is 12.3. The molecule has 0 unspecified atom stereocenters. The van der Waals surface area contributed by atoms with Crippen LogP contribution in [0, 0.1) is 6.92 Å². The molecule has 0 saturated heterocycles. The molecule has 0 atom stereocenters. The lowest BCUT2D eigenvalue weighted by Gasteiger charge is -2.07. The smallest absolute Gasteiger partial charge is 0.307 e. The number of nitrogens with one attached hydrogen (secondary N) is 1. The maximum Gasteiger partial charge on any atom is 0.307 e. The largest absolute Gasteiger partial charge is 0.489 e. The van der Waals surface area contributed by atoms with E-state index in [0.717, 1.165) is 31.2 Å². The van der Waals surface area contributed by atoms with Crippen LogP contribution < -0.4 is 10.2 Å². The van der Waals surface area contributed by atoms with Gasteiger partial charge >= 0.3 is 5.91 Å². The Morgan fingerprint density at radius 1 is 1.10 bits per heavy atom. The van der Waals surface area contributed by atoms with Crippen LogP contribution in [0.4, 0.5) is 0 Å². The number of rotatable bonds is 6. The second kappa shape index (κ2) is 9.49. The second-order valence-electron chi connectivity index (χ2n) is 6.96. The lowest BCUT2D eigenvalue weighted by molar-refractivity contribution is 0.0929. The van der Waals surface area contributed by atoms with Crippen molar-refractivity contribution in [3.05, 3.63) is 98.1 Å². The van der Waals surface area contributed by atoms with Gasteiger partial charge in [-0.25, -0.2) is 5.43 Å². The summed E-state index contributed by atoms with van der Waals surface area (Å²) in [5.74, 6) is 0.529. The first-order valence-corrected chi connectivity index (χ1v) is 11.1. The van der Waals surface area contributed by atoms with Gasteiger partial charge in [0.1, 0.15) is 17.9 Å². The van der Waals surface area contributed by atoms with Crippen molar-refractivity contribution in [2.24, 2.45) is 5.10 Å². The normalized spacial score (nSPS) is 11.2. The Labute approximate surface area is 196 Å². The van der Waals surface area contributed by atoms with Crippen LogP contribution in [0.1, 0.15) is 27.2 Å². The number of carbonyl (C=O) groups excluding carboxylic acids is 1. The van der Waals surface area contributed by atoms with Crippen molar-refractivity contribution in [1.29, 1.82) is 0 Å². The lowest BCUT2D eigenvalue weighted by Crippen LogP contribution is -2.16. The van der Waals surface area contributed by atoms with Crippen molar-refractivity contribution in [2.45, 2.75) is 13.5 Å². The molecule has 5 nitrogen and oxygen atoms in total. The fourth-order valence-electron chi connectivity index (χ4n) is 3.03. The number of benzene rings is 3. The molecule has 0 saturated carbocycles. The average Bonchev–Trinajstić information content (AvgIpc) is 3.18. The third-order valence-corrected chi connectivity index (χ3v) is 5.55. The molecule has 0 aliphatic rings. The Balaban J connectivity index is 1.34. The van der Waals surface area contributed by atoms with Gasteiger partial charge in [-0.05, 0) is 76.4 Å². The molecule has 0 spiro atoms. The maximum atomic E-state index is 12.3. The van der Waals surface area contributed by atoms with Gasteiger partial charge in [-0.15, -0.1) is 0 Å². The first-order valence-electron chi connectivity index (χ1n) is 9.48. The molecule has 0 radical (unpaired) electrons. The molecule has 1 heterocycles. The third kappa shape index (κ3) is 5.42. The van der Waals surface area contributed by atoms with Gasteiger partial charge in [-0.1, -0.05) is 45.8 Å². The molecule has 1 N–H and O–H groups in total. The minimum Gasteiger partial charge on any atom is -0.489 e. The van der Waals surface area contributed by atoms with Crippen molar-refractivity contribution in [1.82, 2.24) is 5.43 Å². The van der Waals surface area contributed by atoms with Gasteiger partial charge in [-0.3, -0.25) is 4.79 Å². The van der Waals surface area contributed by atoms with Crippen molar-refractivity contribution >= 4 is 55.0 Å². The molecule has 0 fully saturated rings. The summed E-state index contributed by atoms with van der Waals surface area (Å²) in [4.78, 5) is 12.3. The molecule has 31 heavy (non-hydrogen) atoms. The molecule has 0 bridgehead atoms. The molecule has 4 aromatic rings. The number of hydrogen-bond acceptors (Lipinski definition) is 4. The molecule has 156 valence electrons. The minimum atomic E-state index is -0.423. The van der Waals surface area contributed by atoms with Crippen molar-refractivity contribution in [3.8, 4) is 5.75 Å². The fraction of sp³-hybridized carbons (Fsp3) is 0.0833. The Morgan fingerprint density at radius 2 is 1.90 bits per heavy atom. The van der Waals surface area contributed by atoms with Gasteiger partial charge in [0, 0.05) is 9.86 Å². The topological polar surface area (TPSA) is 63.8 Å². The van der Waals surface area contributed by atoms with E-state index in [-0.39, 0.29) is 5.76 Å². The number of carbonyl (C=O) groups is 1. The number of fused-ring (bicyclic) bond motifs is 1. The van der Waals surface area contributed by atoms with E-state index >= 15 is 0 Å². The molecular weight excluding hydrogens is 524 g/mol. The van der Waals surface area contributed by atoms with E-state index < -0.39 is 5.91 Å². The highest BCUT2D eigenvalue weighted by Gasteiger charge is 2.14. The number of hydrogen-bond donors (Lipinski definition) is 1. The minimum absolute atomic E-state index is 0.186. The summed E-state index contributed by atoms with van der Waals surface area (Å²) in [5.41, 5.74) is 6.26. The van der Waals surface area contributed by atoms with Gasteiger partial charge in [-0.2, -0.15) is 5.10 Å². The molecule has 0 aliphatic carbocycles. The summed E-state index contributed by atoms with van der Waals surface area (Å²) in [6.07, 6.45) is 1.57. The van der Waals surface area contributed by atoms with Gasteiger partial charge in [0.2, 0.25) is 0 Å². The van der Waals surface area contributed by atoms with Crippen LogP contribution in [-0.4, -0.2) is 12.1 Å². The number of aryl methyl sites for hydroxylation is 1. The van der Waals surface area contributed by atoms with E-state index in [0.29, 0.717) is 12.2 Å². The monoisotopic (exact) mass is 540 g/mol. The van der Waals surface area contributed by atoms with Gasteiger partial charge in [0.15, 0.2) is 5.76 Å². The van der Waals surface area contributed by atoms with E-state index in [1.165, 1.54) is 5.56 Å². The van der Waals surface area contributed by atoms with E-state index in [4.69, 9.17) is 9.15 Å². The summed E-state index contributed by atoms with van der Waals surface area (Å²) in [5, 5.41) is 4.83. The van der Waals surface area contributed by atoms with Crippen LogP contribution in [0.2, 0.25) is 0 Å². The Hall–Kier alpha value is -2.90. The first kappa shape index (κ1) is 21.3. The number of halogens is 2. The molecule has 7 heteroatoms. The summed E-state index contributed by atoms with van der Waals surface area (Å²) >= 11 is 6.85. The van der Waals surface area contributed by atoms with Crippen LogP contribution in [0.25, 0.3) is 11.0 Å². The van der Waals surface area contributed by atoms with Crippen LogP contribution in [0.15, 0.2) is 85.2 Å². The van der Waals surface area contributed by atoms with Gasteiger partial charge in [0.25, 0.3) is 0 Å². The quantitative estimate of drug-likeness (QED) is 0.221. The summed E-state index contributed by atoms with van der Waals surface area (Å²) in [7, 11) is 0. The first-order chi connectivity index (χ1) is 15.0. The zero-order valence-electron chi connectivity index (χ0n) is 16.6. The number of amides is 1. The molecule has 0 aliphatic heterocycles. The van der Waals surface area contributed by atoms with Crippen molar-refractivity contribution in [3.63, 3.8) is 0 Å². The van der Waals surface area contributed by atoms with Crippen LogP contribution in [0.5, 0.6) is 5.75 Å². The highest BCUT2D eigenvalue weighted by molar-refractivity contribution is 9.11. The van der Waals surface area contributed by atoms with Gasteiger partial charge in [0.05, 0.1) is 10.7 Å². The van der Waals surface area contributed by atoms with E-state index in [1.54, 1.807) is 12.3 Å². The van der Waals surface area contributed by atoms with Crippen molar-refractivity contribution < 1.29 is 13.9 Å². The number of hydrazone groups is 1. The van der Waals surface area contributed by atoms with Crippen LogP contribution >= 0.6 is 31.9 Å². The molecular formula is C24H18Br2N2O3. The Morgan fingerprint density at radius 3 is 2.68 bits per heavy atom. The number of furan rings is 1. The summed E-state index contributed by atoms with van der Waals surface area (Å²) in [6, 6.07) is 21.1. The van der Waals surface area contributed by atoms with E-state index in [9.17, 15) is 4.79 Å². The number of ether oxygens (including phenoxy) is 1. The zero-order chi connectivity index (χ0) is 21.8. The Bertz CT molecular complexity index is 1260. The number of nitrogens with zero attached hydrogens (tertiary/aromatic N) is 1. The summed E-state index contributed by atoms with van der Waals surface area (Å²) in [6.45, 7) is 2.57. The van der Waals surface area contributed by atoms with Gasteiger partial charge < -0.3 is 9.15 Å². The Kier molecular flexibility index (Phi) is 6.53. The predicted octanol–water partition coefficient (Wildman–Crippen LogP) is 6.61. The van der Waals surface area contributed by atoms with Crippen LogP contribution in [0.3, 0.4) is 0 Å². The van der Waals surface area contributed by atoms with Crippen molar-refractivity contribution in [2.75, 3.05) is 0 Å². The average molecular weight is 542 g/mol. The predicted molar refractivity (Wildman–Crippen MR) is 129 cm³/mol. The zero-order valence-corrected chi connectivity index (χ0v) is 19.7. The van der Waals surface area contributed by atoms with Crippen LogP contribution in [-0.2, 0) is 6.61 Å². The highest BCUT2D eigenvalue weighted by Crippen LogP contribution is 2.30.